The largest absolute Gasteiger partial charge is 0.456 e. The van der Waals surface area contributed by atoms with Crippen molar-refractivity contribution in [2.24, 2.45) is 0 Å². The Bertz CT molecular complexity index is 3620. The number of hydrogen-bond acceptors (Lipinski definition) is 2. The molecule has 300 valence electrons. The second kappa shape index (κ2) is 14.3. The zero-order valence-corrected chi connectivity index (χ0v) is 34.9. The Morgan fingerprint density at radius 2 is 0.906 bits per heavy atom. The third-order valence-electron chi connectivity index (χ3n) is 13.5. The molecule has 2 heterocycles. The van der Waals surface area contributed by atoms with E-state index in [9.17, 15) is 0 Å². The Morgan fingerprint density at radius 3 is 1.59 bits per heavy atom. The Morgan fingerprint density at radius 1 is 0.375 bits per heavy atom. The quantitative estimate of drug-likeness (QED) is 0.160. The number of fused-ring (bicyclic) bond motifs is 9. The fraction of sp³-hybridized carbons (Fsp3) is 0.0164. The van der Waals surface area contributed by atoms with Gasteiger partial charge in [-0.15, -0.1) is 0 Å². The third kappa shape index (κ3) is 5.34. The van der Waals surface area contributed by atoms with E-state index in [0.29, 0.717) is 0 Å². The summed E-state index contributed by atoms with van der Waals surface area (Å²) in [5.74, 6) is 0. The lowest BCUT2D eigenvalue weighted by Crippen LogP contribution is -2.28. The van der Waals surface area contributed by atoms with Crippen LogP contribution in [0.5, 0.6) is 0 Å². The number of hydrogen-bond donors (Lipinski definition) is 0. The van der Waals surface area contributed by atoms with E-state index < -0.39 is 5.41 Å². The molecule has 0 amide bonds. The molecule has 1 aliphatic rings. The van der Waals surface area contributed by atoms with Crippen LogP contribution < -0.4 is 4.90 Å². The summed E-state index contributed by atoms with van der Waals surface area (Å²) in [5, 5.41) is 4.76. The van der Waals surface area contributed by atoms with Gasteiger partial charge in [-0.3, -0.25) is 0 Å². The van der Waals surface area contributed by atoms with Crippen molar-refractivity contribution < 1.29 is 4.42 Å². The minimum atomic E-state index is -0.518. The van der Waals surface area contributed by atoms with Gasteiger partial charge in [0.05, 0.1) is 22.1 Å². The lowest BCUT2D eigenvalue weighted by molar-refractivity contribution is 0.669. The topological polar surface area (TPSA) is 21.3 Å². The molecule has 2 aromatic heterocycles. The van der Waals surface area contributed by atoms with Crippen LogP contribution in [0, 0.1) is 0 Å². The number of benzene rings is 10. The van der Waals surface area contributed by atoms with Gasteiger partial charge < -0.3 is 13.9 Å². The summed E-state index contributed by atoms with van der Waals surface area (Å²) in [6.07, 6.45) is 0. The van der Waals surface area contributed by atoms with Gasteiger partial charge in [-0.1, -0.05) is 170 Å². The van der Waals surface area contributed by atoms with Crippen LogP contribution in [0.4, 0.5) is 17.1 Å². The van der Waals surface area contributed by atoms with Gasteiger partial charge in [0.15, 0.2) is 0 Å². The first-order valence-corrected chi connectivity index (χ1v) is 22.0. The first-order chi connectivity index (χ1) is 31.8. The molecule has 3 nitrogen and oxygen atoms in total. The van der Waals surface area contributed by atoms with Gasteiger partial charge in [-0.2, -0.15) is 0 Å². The summed E-state index contributed by atoms with van der Waals surface area (Å²) < 4.78 is 8.58. The van der Waals surface area contributed by atoms with E-state index in [4.69, 9.17) is 4.42 Å². The van der Waals surface area contributed by atoms with Crippen molar-refractivity contribution in [3.05, 3.63) is 265 Å². The molecule has 0 spiro atoms. The zero-order valence-electron chi connectivity index (χ0n) is 34.9. The van der Waals surface area contributed by atoms with Crippen LogP contribution in [0.2, 0.25) is 0 Å². The van der Waals surface area contributed by atoms with E-state index in [1.54, 1.807) is 0 Å². The fourth-order valence-electron chi connectivity index (χ4n) is 10.7. The third-order valence-corrected chi connectivity index (χ3v) is 13.5. The summed E-state index contributed by atoms with van der Waals surface area (Å²) >= 11 is 0. The number of aromatic nitrogens is 1. The van der Waals surface area contributed by atoms with Crippen molar-refractivity contribution in [3.8, 4) is 27.9 Å². The Hall–Kier alpha value is -8.40. The number of nitrogens with zero attached hydrogens (tertiary/aromatic N) is 2. The van der Waals surface area contributed by atoms with Crippen molar-refractivity contribution in [1.82, 2.24) is 4.57 Å². The van der Waals surface area contributed by atoms with Gasteiger partial charge in [0.25, 0.3) is 0 Å². The van der Waals surface area contributed by atoms with Crippen LogP contribution in [0.3, 0.4) is 0 Å². The molecule has 0 saturated carbocycles. The van der Waals surface area contributed by atoms with Crippen LogP contribution in [-0.4, -0.2) is 4.57 Å². The van der Waals surface area contributed by atoms with Gasteiger partial charge in [-0.05, 0) is 112 Å². The number of para-hydroxylation sites is 3. The van der Waals surface area contributed by atoms with Crippen LogP contribution >= 0.6 is 0 Å². The van der Waals surface area contributed by atoms with Gasteiger partial charge >= 0.3 is 0 Å². The SMILES string of the molecule is c1ccc(C2(c3ccccc3)c3ccccc3-c3c(N(c4ccc(-c5ccc6oc7ccccc7c6c5)cc4)c4ccc(-n5c6ccccc6c6ccccc65)cc4)cccc32)cc1. The molecule has 0 unspecified atom stereocenters. The molecule has 64 heavy (non-hydrogen) atoms. The molecule has 0 radical (unpaired) electrons. The van der Waals surface area contributed by atoms with E-state index in [-0.39, 0.29) is 0 Å². The molecule has 0 saturated heterocycles. The fourth-order valence-corrected chi connectivity index (χ4v) is 10.7. The molecule has 0 aliphatic heterocycles. The molecule has 13 rings (SSSR count). The molecule has 10 aromatic carbocycles. The van der Waals surface area contributed by atoms with Crippen molar-refractivity contribution in [2.45, 2.75) is 5.41 Å². The average molecular weight is 817 g/mol. The number of anilines is 3. The summed E-state index contributed by atoms with van der Waals surface area (Å²) in [7, 11) is 0. The van der Waals surface area contributed by atoms with Crippen LogP contribution in [0.25, 0.3) is 71.7 Å². The molecule has 12 aromatic rings. The highest BCUT2D eigenvalue weighted by Gasteiger charge is 2.47. The first kappa shape index (κ1) is 36.3. The maximum Gasteiger partial charge on any atom is 0.135 e. The van der Waals surface area contributed by atoms with Gasteiger partial charge in [0.2, 0.25) is 0 Å². The Labute approximate surface area is 371 Å². The maximum atomic E-state index is 6.19. The summed E-state index contributed by atoms with van der Waals surface area (Å²) in [5.41, 5.74) is 17.9. The summed E-state index contributed by atoms with van der Waals surface area (Å²) in [6.45, 7) is 0. The van der Waals surface area contributed by atoms with E-state index in [2.05, 4.69) is 240 Å². The highest BCUT2D eigenvalue weighted by Crippen LogP contribution is 2.59. The smallest absolute Gasteiger partial charge is 0.135 e. The molecule has 0 N–H and O–H groups in total. The molecule has 0 atom stereocenters. The lowest BCUT2D eigenvalue weighted by Gasteiger charge is -2.34. The van der Waals surface area contributed by atoms with Gasteiger partial charge in [0, 0.05) is 44.2 Å². The average Bonchev–Trinajstić information content (AvgIpc) is 4.02. The van der Waals surface area contributed by atoms with Gasteiger partial charge in [0.1, 0.15) is 11.2 Å². The normalized spacial score (nSPS) is 12.8. The lowest BCUT2D eigenvalue weighted by atomic mass is 9.68. The van der Waals surface area contributed by atoms with Gasteiger partial charge in [-0.25, -0.2) is 0 Å². The minimum absolute atomic E-state index is 0.518. The molecule has 0 bridgehead atoms. The van der Waals surface area contributed by atoms with E-state index >= 15 is 0 Å². The Balaban J connectivity index is 1.02. The van der Waals surface area contributed by atoms with Crippen LogP contribution in [-0.2, 0) is 5.41 Å². The molecular weight excluding hydrogens is 777 g/mol. The second-order valence-electron chi connectivity index (χ2n) is 16.8. The maximum absolute atomic E-state index is 6.19. The predicted octanol–water partition coefficient (Wildman–Crippen LogP) is 16.2. The molecule has 0 fully saturated rings. The summed E-state index contributed by atoms with van der Waals surface area (Å²) in [4.78, 5) is 2.45. The zero-order chi connectivity index (χ0) is 42.2. The summed E-state index contributed by atoms with van der Waals surface area (Å²) in [6, 6.07) is 88.4. The number of rotatable bonds is 7. The standard InChI is InChI=1S/C61H40N2O/c1-3-16-43(17-4-1)61(44-18-5-2-6-19-44)53-24-11-7-23-51(53)60-54(61)25-15-28-57(60)62(45-33-30-41(31-34-45)42-32-39-59-52(40-42)50-22-10-14-29-58(50)64-59)46-35-37-47(38-36-46)63-55-26-12-8-20-48(55)49-21-9-13-27-56(49)63/h1-40H. The van der Waals surface area contributed by atoms with Crippen LogP contribution in [0.1, 0.15) is 22.3 Å². The predicted molar refractivity (Wildman–Crippen MR) is 265 cm³/mol. The highest BCUT2D eigenvalue weighted by molar-refractivity contribution is 6.09. The first-order valence-electron chi connectivity index (χ1n) is 22.0. The van der Waals surface area contributed by atoms with Crippen molar-refractivity contribution >= 4 is 60.8 Å². The van der Waals surface area contributed by atoms with Crippen molar-refractivity contribution in [3.63, 3.8) is 0 Å². The minimum Gasteiger partial charge on any atom is -0.456 e. The van der Waals surface area contributed by atoms with Crippen molar-refractivity contribution in [2.75, 3.05) is 4.90 Å². The van der Waals surface area contributed by atoms with E-state index in [1.807, 2.05) is 12.1 Å². The van der Waals surface area contributed by atoms with E-state index in [0.717, 1.165) is 55.8 Å². The van der Waals surface area contributed by atoms with E-state index in [1.165, 1.54) is 55.2 Å². The van der Waals surface area contributed by atoms with Crippen LogP contribution in [0.15, 0.2) is 247 Å². The highest BCUT2D eigenvalue weighted by atomic mass is 16.3. The second-order valence-corrected chi connectivity index (χ2v) is 16.8. The molecule has 1 aliphatic carbocycles. The molecule has 3 heteroatoms. The Kier molecular flexibility index (Phi) is 8.13. The number of furan rings is 1. The monoisotopic (exact) mass is 816 g/mol. The van der Waals surface area contributed by atoms with Crippen molar-refractivity contribution in [1.29, 1.82) is 0 Å². The molecular formula is C61H40N2O.